The maximum Gasteiger partial charge on any atom is 0.323 e. The van der Waals surface area contributed by atoms with Crippen molar-refractivity contribution < 1.29 is 22.7 Å². The van der Waals surface area contributed by atoms with Gasteiger partial charge in [-0.15, -0.1) is 24.8 Å². The van der Waals surface area contributed by atoms with Gasteiger partial charge in [-0.3, -0.25) is 19.5 Å². The van der Waals surface area contributed by atoms with Crippen molar-refractivity contribution >= 4 is 87.6 Å². The standard InChI is InChI=1S/C29H36ClN5O5S2.2ClH/c1-2-39-28(36)20-42(37,38)35(13-4-6-21-5-3-7-22(17-21)29(31)32)23-8-9-26(25(30)18-23)40-24-10-14-34(15-11-24)27-19-41-16-12-33-27;;/h3-9,17-18,24H,2,10-16,19-20H2,1H3,(H3,31,32);2*1H/b6-4+;;. The second-order valence-corrected chi connectivity index (χ2v) is 13.2. The van der Waals surface area contributed by atoms with Gasteiger partial charge in [-0.1, -0.05) is 42.0 Å². The van der Waals surface area contributed by atoms with Crippen LogP contribution in [0, 0.1) is 5.41 Å². The Labute approximate surface area is 280 Å². The molecule has 242 valence electrons. The number of nitrogen functional groups attached to an aromatic ring is 1. The number of hydrogen-bond acceptors (Lipinski definition) is 9. The van der Waals surface area contributed by atoms with Crippen molar-refractivity contribution in [2.45, 2.75) is 25.9 Å². The number of nitrogens with one attached hydrogen (secondary N) is 1. The third kappa shape index (κ3) is 10.5. The largest absolute Gasteiger partial charge is 0.489 e. The van der Waals surface area contributed by atoms with Crippen LogP contribution in [0.1, 0.15) is 30.9 Å². The molecule has 2 aliphatic rings. The van der Waals surface area contributed by atoms with Gasteiger partial charge < -0.3 is 20.1 Å². The Balaban J connectivity index is 0.00000337. The van der Waals surface area contributed by atoms with E-state index in [2.05, 4.69) is 9.89 Å². The lowest BCUT2D eigenvalue weighted by atomic mass is 10.1. The molecule has 0 atom stereocenters. The molecule has 0 unspecified atom stereocenters. The smallest absolute Gasteiger partial charge is 0.323 e. The molecule has 4 rings (SSSR count). The van der Waals surface area contributed by atoms with Gasteiger partial charge in [0.1, 0.15) is 23.5 Å². The van der Waals surface area contributed by atoms with E-state index in [1.165, 1.54) is 6.07 Å². The molecule has 0 spiro atoms. The summed E-state index contributed by atoms with van der Waals surface area (Å²) in [6.07, 6.45) is 5.03. The molecule has 44 heavy (non-hydrogen) atoms. The van der Waals surface area contributed by atoms with Crippen LogP contribution in [0.2, 0.25) is 5.02 Å². The molecule has 0 aliphatic carbocycles. The van der Waals surface area contributed by atoms with E-state index in [-0.39, 0.29) is 54.9 Å². The van der Waals surface area contributed by atoms with Crippen molar-refractivity contribution in [1.82, 2.24) is 4.90 Å². The van der Waals surface area contributed by atoms with Crippen LogP contribution in [0.15, 0.2) is 53.5 Å². The Morgan fingerprint density at radius 1 is 1.23 bits per heavy atom. The van der Waals surface area contributed by atoms with Crippen LogP contribution in [-0.2, 0) is 19.6 Å². The summed E-state index contributed by atoms with van der Waals surface area (Å²) in [6, 6.07) is 11.8. The monoisotopic (exact) mass is 705 g/mol. The van der Waals surface area contributed by atoms with Crippen molar-refractivity contribution in [3.05, 3.63) is 64.7 Å². The Morgan fingerprint density at radius 2 is 1.98 bits per heavy atom. The highest BCUT2D eigenvalue weighted by atomic mass is 35.5. The first kappa shape index (κ1) is 37.5. The summed E-state index contributed by atoms with van der Waals surface area (Å²) in [5.74, 6) is 1.95. The quantitative estimate of drug-likeness (QED) is 0.192. The van der Waals surface area contributed by atoms with Crippen LogP contribution in [0.3, 0.4) is 0 Å². The average molecular weight is 707 g/mol. The maximum absolute atomic E-state index is 13.3. The third-order valence-electron chi connectivity index (χ3n) is 6.79. The molecule has 0 radical (unpaired) electrons. The van der Waals surface area contributed by atoms with Crippen molar-refractivity contribution in [3.8, 4) is 5.75 Å². The zero-order chi connectivity index (χ0) is 30.1. The molecule has 15 heteroatoms. The summed E-state index contributed by atoms with van der Waals surface area (Å²) >= 11 is 8.51. The van der Waals surface area contributed by atoms with Crippen LogP contribution in [-0.4, -0.2) is 87.1 Å². The first-order chi connectivity index (χ1) is 20.2. The van der Waals surface area contributed by atoms with Crippen molar-refractivity contribution in [3.63, 3.8) is 0 Å². The first-order valence-corrected chi connectivity index (χ1v) is 16.9. The number of likely N-dealkylation sites (tertiary alicyclic amines) is 1. The second-order valence-electron chi connectivity index (χ2n) is 9.80. The molecule has 2 aromatic carbocycles. The van der Waals surface area contributed by atoms with Crippen molar-refractivity contribution in [1.29, 1.82) is 5.41 Å². The zero-order valence-electron chi connectivity index (χ0n) is 24.3. The van der Waals surface area contributed by atoms with Gasteiger partial charge in [-0.25, -0.2) is 8.42 Å². The lowest BCUT2D eigenvalue weighted by Crippen LogP contribution is -2.43. The average Bonchev–Trinajstić information content (AvgIpc) is 2.97. The predicted octanol–water partition coefficient (Wildman–Crippen LogP) is 4.87. The van der Waals surface area contributed by atoms with Crippen LogP contribution in [0.4, 0.5) is 5.69 Å². The van der Waals surface area contributed by atoms with Gasteiger partial charge in [-0.05, 0) is 36.8 Å². The number of nitrogens with two attached hydrogens (primary N) is 1. The molecule has 1 saturated heterocycles. The normalized spacial score (nSPS) is 15.5. The summed E-state index contributed by atoms with van der Waals surface area (Å²) in [6.45, 7) is 4.22. The Bertz CT molecular complexity index is 1450. The number of nitrogens with zero attached hydrogens (tertiary/aromatic N) is 3. The van der Waals surface area contributed by atoms with E-state index in [9.17, 15) is 13.2 Å². The lowest BCUT2D eigenvalue weighted by molar-refractivity contribution is -0.139. The maximum atomic E-state index is 13.3. The van der Waals surface area contributed by atoms with E-state index >= 15 is 0 Å². The number of rotatable bonds is 11. The summed E-state index contributed by atoms with van der Waals surface area (Å²) in [5, 5.41) is 7.91. The van der Waals surface area contributed by atoms with Gasteiger partial charge in [-0.2, -0.15) is 11.8 Å². The summed E-state index contributed by atoms with van der Waals surface area (Å²) < 4.78 is 38.9. The molecule has 0 amide bonds. The Hall–Kier alpha value is -2.64. The zero-order valence-corrected chi connectivity index (χ0v) is 28.3. The van der Waals surface area contributed by atoms with Gasteiger partial charge in [0.15, 0.2) is 5.75 Å². The molecule has 2 heterocycles. The van der Waals surface area contributed by atoms with Gasteiger partial charge in [0.25, 0.3) is 0 Å². The molecule has 0 saturated carbocycles. The van der Waals surface area contributed by atoms with Gasteiger partial charge >= 0.3 is 5.97 Å². The molecule has 3 N–H and O–H groups in total. The highest BCUT2D eigenvalue weighted by molar-refractivity contribution is 8.00. The van der Waals surface area contributed by atoms with Crippen LogP contribution in [0.5, 0.6) is 5.75 Å². The van der Waals surface area contributed by atoms with Gasteiger partial charge in [0, 0.05) is 37.2 Å². The number of hydrogen-bond donors (Lipinski definition) is 2. The molecule has 0 aromatic heterocycles. The number of amidine groups is 2. The second kappa shape index (κ2) is 17.7. The predicted molar refractivity (Wildman–Crippen MR) is 185 cm³/mol. The lowest BCUT2D eigenvalue weighted by Gasteiger charge is -2.35. The van der Waals surface area contributed by atoms with E-state index in [1.807, 2.05) is 17.8 Å². The number of anilines is 1. The topological polar surface area (TPSA) is 138 Å². The Morgan fingerprint density at radius 3 is 2.61 bits per heavy atom. The molecule has 10 nitrogen and oxygen atoms in total. The van der Waals surface area contributed by atoms with Crippen LogP contribution >= 0.6 is 48.2 Å². The highest BCUT2D eigenvalue weighted by Gasteiger charge is 2.28. The van der Waals surface area contributed by atoms with Gasteiger partial charge in [0.2, 0.25) is 10.0 Å². The van der Waals surface area contributed by atoms with Crippen molar-refractivity contribution in [2.24, 2.45) is 10.7 Å². The summed E-state index contributed by atoms with van der Waals surface area (Å²) in [4.78, 5) is 19.1. The highest BCUT2D eigenvalue weighted by Crippen LogP contribution is 2.33. The first-order valence-electron chi connectivity index (χ1n) is 13.8. The van der Waals surface area contributed by atoms with E-state index in [1.54, 1.807) is 49.4 Å². The van der Waals surface area contributed by atoms with E-state index in [0.29, 0.717) is 17.0 Å². The third-order valence-corrected chi connectivity index (χ3v) is 9.65. The fourth-order valence-corrected chi connectivity index (χ4v) is 7.02. The Kier molecular flexibility index (Phi) is 15.1. The minimum absolute atomic E-state index is 0. The van der Waals surface area contributed by atoms with E-state index < -0.39 is 21.7 Å². The number of piperidine rings is 1. The SMILES string of the molecule is CCOC(=O)CS(=O)(=O)N(C/C=C/c1cccc(C(=N)N)c1)c1ccc(OC2CCN(C3=NCCSC3)CC2)c(Cl)c1.Cl.Cl. The van der Waals surface area contributed by atoms with E-state index in [0.717, 1.165) is 59.7 Å². The van der Waals surface area contributed by atoms with Crippen molar-refractivity contribution in [2.75, 3.05) is 54.3 Å². The molecule has 2 aliphatic heterocycles. The molecule has 0 bridgehead atoms. The number of carbonyl (C=O) groups is 1. The molecular formula is C29H38Cl3N5O5S2. The minimum atomic E-state index is -4.11. The molecular weight excluding hydrogens is 669 g/mol. The summed E-state index contributed by atoms with van der Waals surface area (Å²) in [5.41, 5.74) is 7.17. The van der Waals surface area contributed by atoms with E-state index in [4.69, 9.17) is 32.2 Å². The fraction of sp³-hybridized carbons (Fsp3) is 0.414. The number of carbonyl (C=O) groups excluding carboxylic acids is 1. The summed E-state index contributed by atoms with van der Waals surface area (Å²) in [7, 11) is -4.11. The number of benzene rings is 2. The molecule has 2 aromatic rings. The minimum Gasteiger partial charge on any atom is -0.489 e. The fourth-order valence-electron chi connectivity index (χ4n) is 4.69. The molecule has 1 fully saturated rings. The number of aliphatic imine (C=N–C) groups is 1. The number of ether oxygens (including phenoxy) is 2. The number of sulfonamides is 1. The number of halogens is 3. The van der Waals surface area contributed by atoms with Crippen LogP contribution in [0.25, 0.3) is 6.08 Å². The van der Waals surface area contributed by atoms with Gasteiger partial charge in [0.05, 0.1) is 36.2 Å². The number of thioether (sulfide) groups is 1. The van der Waals surface area contributed by atoms with Crippen LogP contribution < -0.4 is 14.8 Å². The number of esters is 1.